The third-order valence-electron chi connectivity index (χ3n) is 4.54. The van der Waals surface area contributed by atoms with E-state index in [2.05, 4.69) is 15.0 Å². The second kappa shape index (κ2) is 5.81. The van der Waals surface area contributed by atoms with Crippen LogP contribution in [-0.4, -0.2) is 52.3 Å². The fourth-order valence-electron chi connectivity index (χ4n) is 3.28. The molecule has 9 heteroatoms. The zero-order valence-corrected chi connectivity index (χ0v) is 13.3. The van der Waals surface area contributed by atoms with Gasteiger partial charge in [-0.3, -0.25) is 29.1 Å². The molecule has 0 aliphatic carbocycles. The largest absolute Gasteiger partial charge is 0.280 e. The first-order chi connectivity index (χ1) is 11.6. The van der Waals surface area contributed by atoms with Crippen LogP contribution < -0.4 is 14.7 Å². The summed E-state index contributed by atoms with van der Waals surface area (Å²) in [5, 5.41) is 0. The molecule has 0 radical (unpaired) electrons. The van der Waals surface area contributed by atoms with Crippen molar-refractivity contribution in [2.75, 3.05) is 34.3 Å². The Labute approximate surface area is 138 Å². The monoisotopic (exact) mass is 330 g/mol. The van der Waals surface area contributed by atoms with Crippen molar-refractivity contribution in [3.8, 4) is 0 Å². The minimum absolute atomic E-state index is 0.0430. The van der Waals surface area contributed by atoms with Gasteiger partial charge in [-0.05, 0) is 19.3 Å². The molecule has 3 aliphatic heterocycles. The Balaban J connectivity index is 1.76. The number of amides is 3. The summed E-state index contributed by atoms with van der Waals surface area (Å²) in [6.45, 7) is 1.64. The van der Waals surface area contributed by atoms with Gasteiger partial charge in [0.1, 0.15) is 0 Å². The molecule has 4 heterocycles. The highest BCUT2D eigenvalue weighted by atomic mass is 16.2. The van der Waals surface area contributed by atoms with Crippen LogP contribution in [-0.2, 0) is 14.4 Å². The summed E-state index contributed by atoms with van der Waals surface area (Å²) >= 11 is 0. The lowest BCUT2D eigenvalue weighted by atomic mass is 10.4. The first-order valence-electron chi connectivity index (χ1n) is 8.30. The van der Waals surface area contributed by atoms with E-state index in [0.717, 1.165) is 19.3 Å². The van der Waals surface area contributed by atoms with Gasteiger partial charge in [0, 0.05) is 38.9 Å². The molecule has 0 atom stereocenters. The van der Waals surface area contributed by atoms with Crippen LogP contribution >= 0.6 is 0 Å². The lowest BCUT2D eigenvalue weighted by molar-refractivity contribution is -0.117. The van der Waals surface area contributed by atoms with Crippen LogP contribution in [0.5, 0.6) is 0 Å². The topological polar surface area (TPSA) is 99.6 Å². The first kappa shape index (κ1) is 15.0. The molecule has 0 unspecified atom stereocenters. The molecule has 3 amide bonds. The highest BCUT2D eigenvalue weighted by Gasteiger charge is 2.32. The second-order valence-corrected chi connectivity index (χ2v) is 6.18. The van der Waals surface area contributed by atoms with Crippen LogP contribution in [0.1, 0.15) is 38.5 Å². The average molecular weight is 330 g/mol. The molecule has 0 saturated carbocycles. The molecule has 0 aromatic carbocycles. The predicted molar refractivity (Wildman–Crippen MR) is 84.6 cm³/mol. The van der Waals surface area contributed by atoms with E-state index in [1.807, 2.05) is 0 Å². The summed E-state index contributed by atoms with van der Waals surface area (Å²) in [5.74, 6) is 0.571. The maximum Gasteiger partial charge on any atom is 0.238 e. The van der Waals surface area contributed by atoms with Crippen molar-refractivity contribution in [1.82, 2.24) is 15.0 Å². The molecule has 3 saturated heterocycles. The highest BCUT2D eigenvalue weighted by molar-refractivity contribution is 5.97. The fourth-order valence-corrected chi connectivity index (χ4v) is 3.28. The summed E-state index contributed by atoms with van der Waals surface area (Å²) in [7, 11) is 0. The SMILES string of the molecule is O=C1CCCN1c1nc(N2CCCC2=O)nc(N2CCCC2=O)n1. The number of carbonyl (C=O) groups excluding carboxylic acids is 3. The van der Waals surface area contributed by atoms with Crippen LogP contribution in [0.25, 0.3) is 0 Å². The van der Waals surface area contributed by atoms with Crippen molar-refractivity contribution in [1.29, 1.82) is 0 Å². The van der Waals surface area contributed by atoms with Crippen molar-refractivity contribution in [2.24, 2.45) is 0 Å². The minimum Gasteiger partial charge on any atom is -0.280 e. The Kier molecular flexibility index (Phi) is 3.62. The predicted octanol–water partition coefficient (Wildman–Crippen LogP) is 0.252. The summed E-state index contributed by atoms with van der Waals surface area (Å²) in [6.07, 6.45) is 3.63. The standard InChI is InChI=1S/C15H18N6O3/c22-10-4-1-7-19(10)13-16-14(20-8-2-5-11(20)23)18-15(17-13)21-9-3-6-12(21)24/h1-9H2. The Morgan fingerprint density at radius 1 is 0.542 bits per heavy atom. The first-order valence-corrected chi connectivity index (χ1v) is 8.30. The summed E-state index contributed by atoms with van der Waals surface area (Å²) in [5.41, 5.74) is 0. The molecule has 24 heavy (non-hydrogen) atoms. The molecule has 126 valence electrons. The van der Waals surface area contributed by atoms with Gasteiger partial charge in [-0.1, -0.05) is 0 Å². The average Bonchev–Trinajstić information content (AvgIpc) is 3.28. The number of carbonyl (C=O) groups is 3. The number of hydrogen-bond donors (Lipinski definition) is 0. The van der Waals surface area contributed by atoms with Crippen LogP contribution in [0.3, 0.4) is 0 Å². The van der Waals surface area contributed by atoms with Crippen LogP contribution in [0.4, 0.5) is 17.8 Å². The van der Waals surface area contributed by atoms with E-state index in [0.29, 0.717) is 38.9 Å². The minimum atomic E-state index is -0.0430. The maximum atomic E-state index is 12.0. The van der Waals surface area contributed by atoms with Crippen LogP contribution in [0.15, 0.2) is 0 Å². The quantitative estimate of drug-likeness (QED) is 0.788. The Hall–Kier alpha value is -2.58. The van der Waals surface area contributed by atoms with E-state index < -0.39 is 0 Å². The zero-order chi connectivity index (χ0) is 16.7. The van der Waals surface area contributed by atoms with E-state index in [1.165, 1.54) is 14.7 Å². The van der Waals surface area contributed by atoms with Crippen molar-refractivity contribution >= 4 is 35.6 Å². The van der Waals surface area contributed by atoms with Crippen molar-refractivity contribution in [3.05, 3.63) is 0 Å². The van der Waals surface area contributed by atoms with Gasteiger partial charge in [0.15, 0.2) is 0 Å². The smallest absolute Gasteiger partial charge is 0.238 e. The molecule has 9 nitrogen and oxygen atoms in total. The van der Waals surface area contributed by atoms with E-state index in [1.54, 1.807) is 0 Å². The van der Waals surface area contributed by atoms with E-state index in [9.17, 15) is 14.4 Å². The fraction of sp³-hybridized carbons (Fsp3) is 0.600. The number of hydrogen-bond acceptors (Lipinski definition) is 6. The maximum absolute atomic E-state index is 12.0. The number of aromatic nitrogens is 3. The molecule has 0 N–H and O–H groups in total. The number of nitrogens with zero attached hydrogens (tertiary/aromatic N) is 6. The molecular weight excluding hydrogens is 312 g/mol. The Morgan fingerprint density at radius 2 is 0.833 bits per heavy atom. The van der Waals surface area contributed by atoms with E-state index in [4.69, 9.17) is 0 Å². The van der Waals surface area contributed by atoms with Gasteiger partial charge in [0.05, 0.1) is 0 Å². The molecule has 3 fully saturated rings. The van der Waals surface area contributed by atoms with Gasteiger partial charge in [-0.15, -0.1) is 0 Å². The molecule has 4 rings (SSSR count). The van der Waals surface area contributed by atoms with Gasteiger partial charge < -0.3 is 0 Å². The van der Waals surface area contributed by atoms with Crippen molar-refractivity contribution in [2.45, 2.75) is 38.5 Å². The normalized spacial score (nSPS) is 21.5. The molecule has 1 aromatic rings. The van der Waals surface area contributed by atoms with Gasteiger partial charge in [-0.25, -0.2) is 0 Å². The van der Waals surface area contributed by atoms with E-state index in [-0.39, 0.29) is 35.6 Å². The number of anilines is 3. The molecule has 0 spiro atoms. The van der Waals surface area contributed by atoms with E-state index >= 15 is 0 Å². The van der Waals surface area contributed by atoms with Gasteiger partial charge >= 0.3 is 0 Å². The summed E-state index contributed by atoms with van der Waals surface area (Å²) in [4.78, 5) is 53.7. The third-order valence-corrected chi connectivity index (χ3v) is 4.54. The molecule has 1 aromatic heterocycles. The molecule has 3 aliphatic rings. The lowest BCUT2D eigenvalue weighted by Crippen LogP contribution is -2.33. The third kappa shape index (κ3) is 2.49. The van der Waals surface area contributed by atoms with Crippen LogP contribution in [0, 0.1) is 0 Å². The van der Waals surface area contributed by atoms with Gasteiger partial charge in [-0.2, -0.15) is 15.0 Å². The van der Waals surface area contributed by atoms with Crippen molar-refractivity contribution in [3.63, 3.8) is 0 Å². The zero-order valence-electron chi connectivity index (χ0n) is 13.3. The Bertz CT molecular complexity index is 614. The molecular formula is C15H18N6O3. The highest BCUT2D eigenvalue weighted by Crippen LogP contribution is 2.26. The molecule has 0 bridgehead atoms. The lowest BCUT2D eigenvalue weighted by Gasteiger charge is -2.21. The van der Waals surface area contributed by atoms with Gasteiger partial charge in [0.25, 0.3) is 0 Å². The number of rotatable bonds is 3. The van der Waals surface area contributed by atoms with Crippen LogP contribution in [0.2, 0.25) is 0 Å². The second-order valence-electron chi connectivity index (χ2n) is 6.18. The van der Waals surface area contributed by atoms with Crippen molar-refractivity contribution < 1.29 is 14.4 Å². The summed E-state index contributed by atoms with van der Waals surface area (Å²) < 4.78 is 0. The summed E-state index contributed by atoms with van der Waals surface area (Å²) in [6, 6.07) is 0. The van der Waals surface area contributed by atoms with Gasteiger partial charge in [0.2, 0.25) is 35.6 Å². The Morgan fingerprint density at radius 3 is 1.04 bits per heavy atom.